The minimum absolute atomic E-state index is 0.229. The van der Waals surface area contributed by atoms with Crippen LogP contribution in [-0.2, 0) is 9.84 Å². The molecule has 0 aliphatic carbocycles. The predicted molar refractivity (Wildman–Crippen MR) is 38.7 cm³/mol. The number of hydrogen-bond donors (Lipinski definition) is 0. The van der Waals surface area contributed by atoms with E-state index in [9.17, 15) is 8.42 Å². The van der Waals surface area contributed by atoms with Gasteiger partial charge in [0, 0.05) is 15.6 Å². The molecular weight excluding hydrogens is 136 g/mol. The zero-order valence-corrected chi connectivity index (χ0v) is 6.74. The number of hydrogen-bond acceptors (Lipinski definition) is 2. The fourth-order valence-electron chi connectivity index (χ4n) is 0.415. The van der Waals surface area contributed by atoms with Crippen LogP contribution < -0.4 is 0 Å². The van der Waals surface area contributed by atoms with Crippen molar-refractivity contribution in [3.63, 3.8) is 0 Å². The molecule has 0 heterocycles. The molecule has 0 aromatic heterocycles. The molecule has 0 saturated heterocycles. The lowest BCUT2D eigenvalue weighted by Crippen LogP contribution is -2.02. The van der Waals surface area contributed by atoms with Crippen LogP contribution in [0.1, 0.15) is 26.7 Å². The van der Waals surface area contributed by atoms with Gasteiger partial charge in [0.15, 0.2) is 0 Å². The molecule has 0 fully saturated rings. The van der Waals surface area contributed by atoms with Gasteiger partial charge < -0.3 is 0 Å². The number of unbranched alkanes of at least 4 members (excludes halogenated alkanes) is 1. The van der Waals surface area contributed by atoms with Crippen LogP contribution in [0, 0.1) is 5.75 Å². The lowest BCUT2D eigenvalue weighted by atomic mass is 10.4. The Hall–Kier alpha value is -0.0500. The van der Waals surface area contributed by atoms with Gasteiger partial charge >= 0.3 is 0 Å². The van der Waals surface area contributed by atoms with E-state index >= 15 is 0 Å². The van der Waals surface area contributed by atoms with Gasteiger partial charge in [0.25, 0.3) is 0 Å². The van der Waals surface area contributed by atoms with Gasteiger partial charge in [0.2, 0.25) is 0 Å². The number of rotatable bonds is 4. The predicted octanol–water partition coefficient (Wildman–Crippen LogP) is 1.38. The molecular formula is C6H13O2S-. The highest BCUT2D eigenvalue weighted by molar-refractivity contribution is 7.93. The Morgan fingerprint density at radius 2 is 1.89 bits per heavy atom. The van der Waals surface area contributed by atoms with E-state index in [0.717, 1.165) is 6.42 Å². The van der Waals surface area contributed by atoms with Crippen molar-refractivity contribution < 1.29 is 8.42 Å². The van der Waals surface area contributed by atoms with E-state index in [4.69, 9.17) is 0 Å². The van der Waals surface area contributed by atoms with Crippen molar-refractivity contribution in [1.82, 2.24) is 0 Å². The van der Waals surface area contributed by atoms with E-state index in [0.29, 0.717) is 6.42 Å². The summed E-state index contributed by atoms with van der Waals surface area (Å²) in [5, 5.41) is 0. The van der Waals surface area contributed by atoms with Gasteiger partial charge in [-0.25, -0.2) is 5.75 Å². The first-order valence-corrected chi connectivity index (χ1v) is 4.90. The van der Waals surface area contributed by atoms with E-state index in [2.05, 4.69) is 0 Å². The van der Waals surface area contributed by atoms with Crippen molar-refractivity contribution in [3.05, 3.63) is 5.75 Å². The van der Waals surface area contributed by atoms with Crippen LogP contribution in [0.15, 0.2) is 0 Å². The van der Waals surface area contributed by atoms with Crippen molar-refractivity contribution >= 4 is 9.84 Å². The third kappa shape index (κ3) is 4.45. The third-order valence-corrected chi connectivity index (χ3v) is 2.61. The molecule has 0 atom stereocenters. The molecule has 3 heteroatoms. The molecule has 0 aliphatic rings. The second-order valence-electron chi connectivity index (χ2n) is 1.91. The van der Waals surface area contributed by atoms with Crippen LogP contribution in [0.2, 0.25) is 0 Å². The Morgan fingerprint density at radius 1 is 1.33 bits per heavy atom. The molecule has 0 N–H and O–H groups in total. The molecule has 2 nitrogen and oxygen atoms in total. The van der Waals surface area contributed by atoms with Gasteiger partial charge in [-0.15, -0.1) is 0 Å². The van der Waals surface area contributed by atoms with Gasteiger partial charge in [-0.1, -0.05) is 20.3 Å². The molecule has 0 amide bonds. The highest BCUT2D eigenvalue weighted by Crippen LogP contribution is 2.01. The molecule has 0 aliphatic heterocycles. The van der Waals surface area contributed by atoms with Crippen LogP contribution >= 0.6 is 0 Å². The first-order valence-electron chi connectivity index (χ1n) is 3.18. The Morgan fingerprint density at radius 3 is 2.22 bits per heavy atom. The maximum Gasteiger partial charge on any atom is 0.0237 e. The van der Waals surface area contributed by atoms with Gasteiger partial charge in [-0.3, -0.25) is 8.42 Å². The van der Waals surface area contributed by atoms with Crippen LogP contribution in [0.5, 0.6) is 0 Å². The highest BCUT2D eigenvalue weighted by atomic mass is 32.2. The second kappa shape index (κ2) is 3.88. The van der Waals surface area contributed by atoms with Crippen molar-refractivity contribution in [1.29, 1.82) is 0 Å². The summed E-state index contributed by atoms with van der Waals surface area (Å²) in [6, 6.07) is 0. The summed E-state index contributed by atoms with van der Waals surface area (Å²) in [7, 11) is -2.81. The maximum absolute atomic E-state index is 10.7. The lowest BCUT2D eigenvalue weighted by Gasteiger charge is -2.08. The molecule has 0 aromatic carbocycles. The molecule has 0 radical (unpaired) electrons. The van der Waals surface area contributed by atoms with Crippen LogP contribution in [0.25, 0.3) is 0 Å². The normalized spacial score (nSPS) is 11.8. The average Bonchev–Trinajstić information content (AvgIpc) is 1.84. The third-order valence-electron chi connectivity index (χ3n) is 1.06. The van der Waals surface area contributed by atoms with Crippen LogP contribution in [0.4, 0.5) is 0 Å². The summed E-state index contributed by atoms with van der Waals surface area (Å²) >= 11 is 0. The SMILES string of the molecule is CCC[CH-]S(=O)(=O)CC. The molecule has 0 spiro atoms. The van der Waals surface area contributed by atoms with Crippen molar-refractivity contribution in [2.24, 2.45) is 0 Å². The minimum Gasteiger partial charge on any atom is -0.262 e. The highest BCUT2D eigenvalue weighted by Gasteiger charge is 1.92. The van der Waals surface area contributed by atoms with Gasteiger partial charge in [0.1, 0.15) is 0 Å². The molecule has 9 heavy (non-hydrogen) atoms. The zero-order chi connectivity index (χ0) is 7.33. The first kappa shape index (κ1) is 8.95. The van der Waals surface area contributed by atoms with Crippen molar-refractivity contribution in [2.75, 3.05) is 5.75 Å². The molecule has 0 saturated carbocycles. The van der Waals surface area contributed by atoms with Crippen molar-refractivity contribution in [2.45, 2.75) is 26.7 Å². The van der Waals surface area contributed by atoms with E-state index in [1.807, 2.05) is 6.92 Å². The molecule has 0 rings (SSSR count). The molecule has 0 aromatic rings. The van der Waals surface area contributed by atoms with E-state index in [1.54, 1.807) is 6.92 Å². The molecule has 0 unspecified atom stereocenters. The van der Waals surface area contributed by atoms with Crippen molar-refractivity contribution in [3.8, 4) is 0 Å². The van der Waals surface area contributed by atoms with E-state index < -0.39 is 9.84 Å². The fraction of sp³-hybridized carbons (Fsp3) is 0.833. The van der Waals surface area contributed by atoms with Gasteiger partial charge in [0.05, 0.1) is 0 Å². The second-order valence-corrected chi connectivity index (χ2v) is 4.14. The topological polar surface area (TPSA) is 34.1 Å². The van der Waals surface area contributed by atoms with Crippen LogP contribution in [-0.4, -0.2) is 14.2 Å². The Labute approximate surface area is 57.2 Å². The quantitative estimate of drug-likeness (QED) is 0.566. The summed E-state index contributed by atoms with van der Waals surface area (Å²) in [5.41, 5.74) is 0. The summed E-state index contributed by atoms with van der Waals surface area (Å²) < 4.78 is 21.4. The Kier molecular flexibility index (Phi) is 3.86. The smallest absolute Gasteiger partial charge is 0.0237 e. The van der Waals surface area contributed by atoms with Gasteiger partial charge in [-0.2, -0.15) is 6.42 Å². The average molecular weight is 149 g/mol. The zero-order valence-electron chi connectivity index (χ0n) is 5.92. The van der Waals surface area contributed by atoms with Gasteiger partial charge in [-0.05, 0) is 0 Å². The Bertz CT molecular complexity index is 146. The largest absolute Gasteiger partial charge is 0.262 e. The Balaban J connectivity index is 3.61. The first-order chi connectivity index (χ1) is 4.12. The monoisotopic (exact) mass is 149 g/mol. The minimum atomic E-state index is -2.81. The standard InChI is InChI=1S/C6H13O2S/c1-3-5-6-9(7,8)4-2/h6H,3-5H2,1-2H3/q-1. The summed E-state index contributed by atoms with van der Waals surface area (Å²) in [4.78, 5) is 0. The van der Waals surface area contributed by atoms with E-state index in [1.165, 1.54) is 5.75 Å². The summed E-state index contributed by atoms with van der Waals surface area (Å²) in [5.74, 6) is 1.62. The maximum atomic E-state index is 10.7. The van der Waals surface area contributed by atoms with E-state index in [-0.39, 0.29) is 5.75 Å². The fourth-order valence-corrected chi connectivity index (χ4v) is 1.25. The lowest BCUT2D eigenvalue weighted by molar-refractivity contribution is 0.600. The summed E-state index contributed by atoms with van der Waals surface area (Å²) in [6.45, 7) is 3.61. The molecule has 0 bridgehead atoms. The van der Waals surface area contributed by atoms with Crippen LogP contribution in [0.3, 0.4) is 0 Å². The molecule has 56 valence electrons. The number of sulfone groups is 1. The summed E-state index contributed by atoms with van der Waals surface area (Å²) in [6.07, 6.45) is 1.58.